The normalized spacial score (nSPS) is 12.8. The highest BCUT2D eigenvalue weighted by Crippen LogP contribution is 2.44. The second-order valence-corrected chi connectivity index (χ2v) is 8.90. The van der Waals surface area contributed by atoms with Crippen LogP contribution in [-0.4, -0.2) is 29.7 Å². The third kappa shape index (κ3) is 5.09. The standard InChI is InChI=1S/C29H19F5N2O4/c30-22-23(31)25(33)27(26(34)24(22)32)40-28(37)21(13-15-9-11-35-12-10-15)36-29(38)39-14-20-18-7-3-1-5-16(18)17-6-2-4-8-19(17)20/h1-12,20-21H,13-14H2,(H,36,38). The van der Waals surface area contributed by atoms with Crippen molar-refractivity contribution in [2.75, 3.05) is 6.61 Å². The number of nitrogens with one attached hydrogen (secondary N) is 1. The molecule has 0 spiro atoms. The number of pyridine rings is 1. The average Bonchev–Trinajstić information content (AvgIpc) is 3.30. The Morgan fingerprint density at radius 2 is 1.30 bits per heavy atom. The van der Waals surface area contributed by atoms with Crippen LogP contribution in [0.15, 0.2) is 73.1 Å². The van der Waals surface area contributed by atoms with Gasteiger partial charge in [-0.05, 0) is 39.9 Å². The van der Waals surface area contributed by atoms with E-state index in [2.05, 4.69) is 15.0 Å². The lowest BCUT2D eigenvalue weighted by Gasteiger charge is -2.19. The Morgan fingerprint density at radius 3 is 1.88 bits per heavy atom. The number of carbonyl (C=O) groups excluding carboxylic acids is 2. The molecule has 1 atom stereocenters. The third-order valence-corrected chi connectivity index (χ3v) is 6.48. The van der Waals surface area contributed by atoms with Gasteiger partial charge in [0.05, 0.1) is 0 Å². The predicted octanol–water partition coefficient (Wildman–Crippen LogP) is 5.83. The number of halogens is 5. The van der Waals surface area contributed by atoms with Crippen molar-refractivity contribution in [1.29, 1.82) is 0 Å². The number of carbonyl (C=O) groups is 2. The molecule has 0 radical (unpaired) electrons. The number of benzene rings is 3. The topological polar surface area (TPSA) is 77.5 Å². The first-order chi connectivity index (χ1) is 19.3. The van der Waals surface area contributed by atoms with Crippen LogP contribution in [0, 0.1) is 29.1 Å². The number of hydrogen-bond acceptors (Lipinski definition) is 5. The predicted molar refractivity (Wildman–Crippen MR) is 132 cm³/mol. The fraction of sp³-hybridized carbons (Fsp3) is 0.138. The van der Waals surface area contributed by atoms with Gasteiger partial charge in [-0.15, -0.1) is 0 Å². The van der Waals surface area contributed by atoms with Crippen LogP contribution in [0.4, 0.5) is 26.7 Å². The van der Waals surface area contributed by atoms with Gasteiger partial charge >= 0.3 is 12.1 Å². The third-order valence-electron chi connectivity index (χ3n) is 6.48. The van der Waals surface area contributed by atoms with Crippen LogP contribution in [0.2, 0.25) is 0 Å². The van der Waals surface area contributed by atoms with Gasteiger partial charge in [0.15, 0.2) is 0 Å². The Bertz CT molecular complexity index is 1520. The van der Waals surface area contributed by atoms with Crippen LogP contribution in [-0.2, 0) is 16.0 Å². The Balaban J connectivity index is 1.34. The molecular weight excluding hydrogens is 535 g/mol. The van der Waals surface area contributed by atoms with Crippen molar-refractivity contribution < 1.29 is 41.0 Å². The molecule has 1 aromatic heterocycles. The lowest BCUT2D eigenvalue weighted by atomic mass is 9.98. The first-order valence-corrected chi connectivity index (χ1v) is 12.0. The maximum atomic E-state index is 14.1. The zero-order valence-electron chi connectivity index (χ0n) is 20.5. The molecule has 40 heavy (non-hydrogen) atoms. The molecule has 0 saturated carbocycles. The van der Waals surface area contributed by atoms with E-state index in [0.717, 1.165) is 22.3 Å². The largest absolute Gasteiger partial charge is 0.449 e. The van der Waals surface area contributed by atoms with Crippen molar-refractivity contribution >= 4 is 12.1 Å². The molecule has 0 bridgehead atoms. The van der Waals surface area contributed by atoms with Crippen molar-refractivity contribution in [3.8, 4) is 16.9 Å². The van der Waals surface area contributed by atoms with Crippen LogP contribution >= 0.6 is 0 Å². The van der Waals surface area contributed by atoms with Gasteiger partial charge in [0, 0.05) is 24.7 Å². The van der Waals surface area contributed by atoms with Gasteiger partial charge in [0.25, 0.3) is 0 Å². The molecule has 1 unspecified atom stereocenters. The summed E-state index contributed by atoms with van der Waals surface area (Å²) in [5, 5.41) is 2.27. The van der Waals surface area contributed by atoms with E-state index in [4.69, 9.17) is 4.74 Å². The first kappa shape index (κ1) is 26.8. The zero-order chi connectivity index (χ0) is 28.4. The van der Waals surface area contributed by atoms with E-state index in [9.17, 15) is 31.5 Å². The van der Waals surface area contributed by atoms with Crippen LogP contribution in [0.25, 0.3) is 11.1 Å². The average molecular weight is 554 g/mol. The van der Waals surface area contributed by atoms with Gasteiger partial charge < -0.3 is 14.8 Å². The van der Waals surface area contributed by atoms with Gasteiger partial charge in [-0.2, -0.15) is 8.78 Å². The fourth-order valence-electron chi connectivity index (χ4n) is 4.58. The summed E-state index contributed by atoms with van der Waals surface area (Å²) in [5.74, 6) is -15.2. The number of aromatic nitrogens is 1. The van der Waals surface area contributed by atoms with Gasteiger partial charge in [-0.3, -0.25) is 4.98 Å². The smallest absolute Gasteiger partial charge is 0.407 e. The van der Waals surface area contributed by atoms with Gasteiger partial charge in [0.1, 0.15) is 12.6 Å². The molecule has 0 fully saturated rings. The highest BCUT2D eigenvalue weighted by atomic mass is 19.2. The summed E-state index contributed by atoms with van der Waals surface area (Å²) < 4.78 is 78.9. The maximum absolute atomic E-state index is 14.1. The summed E-state index contributed by atoms with van der Waals surface area (Å²) in [5.41, 5.74) is 4.32. The summed E-state index contributed by atoms with van der Waals surface area (Å²) in [6.45, 7) is -0.103. The number of esters is 1. The highest BCUT2D eigenvalue weighted by molar-refractivity contribution is 5.83. The summed E-state index contributed by atoms with van der Waals surface area (Å²) in [4.78, 5) is 29.5. The van der Waals surface area contributed by atoms with Crippen LogP contribution in [0.5, 0.6) is 5.75 Å². The number of nitrogens with zero attached hydrogens (tertiary/aromatic N) is 1. The van der Waals surface area contributed by atoms with E-state index >= 15 is 0 Å². The number of rotatable bonds is 7. The van der Waals surface area contributed by atoms with Crippen LogP contribution in [0.1, 0.15) is 22.6 Å². The lowest BCUT2D eigenvalue weighted by molar-refractivity contribution is -0.137. The van der Waals surface area contributed by atoms with Crippen molar-refractivity contribution in [2.45, 2.75) is 18.4 Å². The fourth-order valence-corrected chi connectivity index (χ4v) is 4.58. The van der Waals surface area contributed by atoms with E-state index in [0.29, 0.717) is 5.56 Å². The van der Waals surface area contributed by atoms with E-state index in [1.54, 1.807) is 0 Å². The Hall–Kier alpha value is -4.80. The second kappa shape index (κ2) is 11.1. The van der Waals surface area contributed by atoms with E-state index in [1.165, 1.54) is 24.5 Å². The number of amides is 1. The molecular formula is C29H19F5N2O4. The molecule has 0 saturated heterocycles. The minimum absolute atomic E-state index is 0.103. The minimum atomic E-state index is -2.40. The molecule has 0 aliphatic heterocycles. The molecule has 11 heteroatoms. The maximum Gasteiger partial charge on any atom is 0.407 e. The quantitative estimate of drug-likeness (QED) is 0.102. The van der Waals surface area contributed by atoms with E-state index in [-0.39, 0.29) is 18.9 Å². The second-order valence-electron chi connectivity index (χ2n) is 8.90. The summed E-state index contributed by atoms with van der Waals surface area (Å²) in [6.07, 6.45) is 1.47. The molecule has 6 nitrogen and oxygen atoms in total. The molecule has 204 valence electrons. The number of hydrogen-bond donors (Lipinski definition) is 1. The van der Waals surface area contributed by atoms with Gasteiger partial charge in [0.2, 0.25) is 34.8 Å². The monoisotopic (exact) mass is 554 g/mol. The molecule has 1 aliphatic carbocycles. The van der Waals surface area contributed by atoms with Gasteiger partial charge in [-0.25, -0.2) is 22.8 Å². The first-order valence-electron chi connectivity index (χ1n) is 12.0. The number of fused-ring (bicyclic) bond motifs is 3. The van der Waals surface area contributed by atoms with Crippen LogP contribution < -0.4 is 10.1 Å². The SMILES string of the molecule is O=C(NC(Cc1ccncc1)C(=O)Oc1c(F)c(F)c(F)c(F)c1F)OCC1c2ccccc2-c2ccccc21. The van der Waals surface area contributed by atoms with Crippen molar-refractivity contribution in [2.24, 2.45) is 0 Å². The van der Waals surface area contributed by atoms with Crippen LogP contribution in [0.3, 0.4) is 0 Å². The molecule has 1 aliphatic rings. The summed E-state index contributed by atoms with van der Waals surface area (Å²) >= 11 is 0. The molecule has 1 heterocycles. The van der Waals surface area contributed by atoms with E-state index in [1.807, 2.05) is 48.5 Å². The summed E-state index contributed by atoms with van der Waals surface area (Å²) in [7, 11) is 0. The zero-order valence-corrected chi connectivity index (χ0v) is 20.5. The molecule has 1 amide bonds. The van der Waals surface area contributed by atoms with Crippen molar-refractivity contribution in [3.05, 3.63) is 119 Å². The summed E-state index contributed by atoms with van der Waals surface area (Å²) in [6, 6.07) is 16.6. The lowest BCUT2D eigenvalue weighted by Crippen LogP contribution is -2.45. The number of alkyl carbamates (subject to hydrolysis) is 1. The molecule has 3 aromatic carbocycles. The van der Waals surface area contributed by atoms with Crippen molar-refractivity contribution in [3.63, 3.8) is 0 Å². The van der Waals surface area contributed by atoms with E-state index < -0.39 is 52.9 Å². The molecule has 5 rings (SSSR count). The minimum Gasteiger partial charge on any atom is -0.449 e. The Kier molecular flexibility index (Phi) is 7.45. The Morgan fingerprint density at radius 1 is 0.775 bits per heavy atom. The van der Waals surface area contributed by atoms with Gasteiger partial charge in [-0.1, -0.05) is 48.5 Å². The molecule has 1 N–H and O–H groups in total. The highest BCUT2D eigenvalue weighted by Gasteiger charge is 2.33. The number of ether oxygens (including phenoxy) is 2. The molecule has 4 aromatic rings. The Labute approximate surface area is 224 Å². The van der Waals surface area contributed by atoms with Crippen molar-refractivity contribution in [1.82, 2.24) is 10.3 Å².